The summed E-state index contributed by atoms with van der Waals surface area (Å²) in [6.07, 6.45) is 0. The molecule has 5 nitrogen and oxygen atoms in total. The SMILES string of the molecule is NC(CO)c1c(Br)cccc1[N+](=O)[O-]. The van der Waals surface area contributed by atoms with Crippen molar-refractivity contribution in [3.63, 3.8) is 0 Å². The van der Waals surface area contributed by atoms with Gasteiger partial charge in [-0.3, -0.25) is 10.1 Å². The number of hydrogen-bond acceptors (Lipinski definition) is 4. The molecule has 0 bridgehead atoms. The van der Waals surface area contributed by atoms with Gasteiger partial charge in [-0.1, -0.05) is 22.0 Å². The van der Waals surface area contributed by atoms with Crippen molar-refractivity contribution in [2.75, 3.05) is 6.61 Å². The average Bonchev–Trinajstić information content (AvgIpc) is 2.16. The predicted octanol–water partition coefficient (Wildman–Crippen LogP) is 1.35. The molecular formula is C8H9BrN2O3. The Bertz CT molecular complexity index is 356. The fourth-order valence-electron chi connectivity index (χ4n) is 1.14. The van der Waals surface area contributed by atoms with Crippen LogP contribution in [0.25, 0.3) is 0 Å². The fraction of sp³-hybridized carbons (Fsp3) is 0.250. The minimum Gasteiger partial charge on any atom is -0.394 e. The topological polar surface area (TPSA) is 89.4 Å². The lowest BCUT2D eigenvalue weighted by Crippen LogP contribution is -2.16. The van der Waals surface area contributed by atoms with E-state index in [1.54, 1.807) is 12.1 Å². The van der Waals surface area contributed by atoms with E-state index in [2.05, 4.69) is 15.9 Å². The summed E-state index contributed by atoms with van der Waals surface area (Å²) in [6.45, 7) is -0.330. The molecule has 0 fully saturated rings. The van der Waals surface area contributed by atoms with Crippen molar-refractivity contribution in [1.82, 2.24) is 0 Å². The molecule has 14 heavy (non-hydrogen) atoms. The Hall–Kier alpha value is -0.980. The smallest absolute Gasteiger partial charge is 0.275 e. The Kier molecular flexibility index (Phi) is 3.56. The number of benzene rings is 1. The van der Waals surface area contributed by atoms with E-state index in [0.717, 1.165) is 0 Å². The van der Waals surface area contributed by atoms with Crippen molar-refractivity contribution < 1.29 is 10.0 Å². The summed E-state index contributed by atoms with van der Waals surface area (Å²) in [5.74, 6) is 0. The molecule has 6 heteroatoms. The Balaban J connectivity index is 3.29. The highest BCUT2D eigenvalue weighted by Crippen LogP contribution is 2.30. The summed E-state index contributed by atoms with van der Waals surface area (Å²) in [5.41, 5.74) is 5.79. The minimum absolute atomic E-state index is 0.0825. The van der Waals surface area contributed by atoms with Crippen LogP contribution >= 0.6 is 15.9 Å². The Labute approximate surface area is 88.8 Å². The van der Waals surface area contributed by atoms with Gasteiger partial charge in [-0.05, 0) is 6.07 Å². The maximum atomic E-state index is 10.6. The first kappa shape index (κ1) is 11.1. The zero-order valence-corrected chi connectivity index (χ0v) is 8.77. The average molecular weight is 261 g/mol. The standard InChI is InChI=1S/C8H9BrN2O3/c9-5-2-1-3-7(11(13)14)8(5)6(10)4-12/h1-3,6,12H,4,10H2. The van der Waals surface area contributed by atoms with Gasteiger partial charge in [-0.25, -0.2) is 0 Å². The van der Waals surface area contributed by atoms with Crippen LogP contribution in [0.4, 0.5) is 5.69 Å². The van der Waals surface area contributed by atoms with Crippen molar-refractivity contribution >= 4 is 21.6 Å². The van der Waals surface area contributed by atoms with Crippen molar-refractivity contribution in [3.05, 3.63) is 38.3 Å². The number of rotatable bonds is 3. The van der Waals surface area contributed by atoms with Crippen LogP contribution in [0.15, 0.2) is 22.7 Å². The molecule has 0 amide bonds. The summed E-state index contributed by atoms with van der Waals surface area (Å²) >= 11 is 3.16. The number of nitrogens with zero attached hydrogens (tertiary/aromatic N) is 1. The molecule has 0 aliphatic rings. The Morgan fingerprint density at radius 3 is 2.79 bits per heavy atom. The van der Waals surface area contributed by atoms with Crippen molar-refractivity contribution in [2.24, 2.45) is 5.73 Å². The van der Waals surface area contributed by atoms with Crippen molar-refractivity contribution in [3.8, 4) is 0 Å². The van der Waals surface area contributed by atoms with Gasteiger partial charge >= 0.3 is 0 Å². The fourth-order valence-corrected chi connectivity index (χ4v) is 1.79. The molecule has 0 aromatic heterocycles. The molecule has 0 saturated carbocycles. The van der Waals surface area contributed by atoms with Gasteiger partial charge in [-0.15, -0.1) is 0 Å². The van der Waals surface area contributed by atoms with E-state index < -0.39 is 11.0 Å². The van der Waals surface area contributed by atoms with Gasteiger partial charge in [0.2, 0.25) is 0 Å². The van der Waals surface area contributed by atoms with Gasteiger partial charge in [0.05, 0.1) is 23.1 Å². The molecule has 0 aliphatic carbocycles. The first-order valence-electron chi connectivity index (χ1n) is 3.87. The Morgan fingerprint density at radius 2 is 2.29 bits per heavy atom. The second kappa shape index (κ2) is 4.50. The summed E-state index contributed by atoms with van der Waals surface area (Å²) in [7, 11) is 0. The van der Waals surface area contributed by atoms with E-state index in [0.29, 0.717) is 10.0 Å². The molecule has 0 saturated heterocycles. The third-order valence-corrected chi connectivity index (χ3v) is 2.49. The van der Waals surface area contributed by atoms with E-state index in [-0.39, 0.29) is 12.3 Å². The molecule has 3 N–H and O–H groups in total. The van der Waals surface area contributed by atoms with Crippen LogP contribution in [-0.2, 0) is 0 Å². The zero-order chi connectivity index (χ0) is 10.7. The quantitative estimate of drug-likeness (QED) is 0.634. The molecule has 1 atom stereocenters. The monoisotopic (exact) mass is 260 g/mol. The number of hydrogen-bond donors (Lipinski definition) is 2. The van der Waals surface area contributed by atoms with E-state index >= 15 is 0 Å². The lowest BCUT2D eigenvalue weighted by Gasteiger charge is -2.10. The molecule has 1 aromatic carbocycles. The van der Waals surface area contributed by atoms with Crippen LogP contribution in [0.3, 0.4) is 0 Å². The largest absolute Gasteiger partial charge is 0.394 e. The molecule has 0 aliphatic heterocycles. The van der Waals surface area contributed by atoms with E-state index in [9.17, 15) is 10.1 Å². The van der Waals surface area contributed by atoms with Gasteiger partial charge in [0.25, 0.3) is 5.69 Å². The number of halogens is 1. The second-order valence-electron chi connectivity index (χ2n) is 2.72. The maximum Gasteiger partial charge on any atom is 0.275 e. The lowest BCUT2D eigenvalue weighted by molar-refractivity contribution is -0.385. The maximum absolute atomic E-state index is 10.6. The van der Waals surface area contributed by atoms with Gasteiger partial charge in [0.1, 0.15) is 0 Å². The zero-order valence-electron chi connectivity index (χ0n) is 7.18. The van der Waals surface area contributed by atoms with Crippen molar-refractivity contribution in [2.45, 2.75) is 6.04 Å². The molecule has 0 radical (unpaired) electrons. The third-order valence-electron chi connectivity index (χ3n) is 1.79. The molecule has 1 aromatic rings. The highest BCUT2D eigenvalue weighted by molar-refractivity contribution is 9.10. The van der Waals surface area contributed by atoms with Crippen LogP contribution in [0.5, 0.6) is 0 Å². The molecule has 1 rings (SSSR count). The molecule has 1 unspecified atom stereocenters. The number of nitro groups is 1. The second-order valence-corrected chi connectivity index (χ2v) is 3.57. The first-order valence-corrected chi connectivity index (χ1v) is 4.66. The van der Waals surface area contributed by atoms with Gasteiger partial charge in [0.15, 0.2) is 0 Å². The molecule has 76 valence electrons. The highest BCUT2D eigenvalue weighted by atomic mass is 79.9. The van der Waals surface area contributed by atoms with Gasteiger partial charge < -0.3 is 10.8 Å². The number of nitrogens with two attached hydrogens (primary N) is 1. The Morgan fingerprint density at radius 1 is 1.64 bits per heavy atom. The molecule has 0 spiro atoms. The van der Waals surface area contributed by atoms with Crippen LogP contribution < -0.4 is 5.73 Å². The summed E-state index contributed by atoms with van der Waals surface area (Å²) in [5, 5.41) is 19.5. The van der Waals surface area contributed by atoms with Crippen molar-refractivity contribution in [1.29, 1.82) is 0 Å². The third kappa shape index (κ3) is 2.09. The van der Waals surface area contributed by atoms with E-state index in [1.807, 2.05) is 0 Å². The van der Waals surface area contributed by atoms with E-state index in [4.69, 9.17) is 10.8 Å². The first-order chi connectivity index (χ1) is 6.57. The van der Waals surface area contributed by atoms with Gasteiger partial charge in [-0.2, -0.15) is 0 Å². The number of nitro benzene ring substituents is 1. The number of aliphatic hydroxyl groups excluding tert-OH is 1. The summed E-state index contributed by atoms with van der Waals surface area (Å²) in [6, 6.07) is 3.81. The van der Waals surface area contributed by atoms with E-state index in [1.165, 1.54) is 6.07 Å². The normalized spacial score (nSPS) is 12.5. The van der Waals surface area contributed by atoms with Gasteiger partial charge in [0, 0.05) is 10.5 Å². The number of aliphatic hydroxyl groups is 1. The predicted molar refractivity (Wildman–Crippen MR) is 54.8 cm³/mol. The summed E-state index contributed by atoms with van der Waals surface area (Å²) in [4.78, 5) is 10.1. The minimum atomic E-state index is -0.744. The highest BCUT2D eigenvalue weighted by Gasteiger charge is 2.21. The van der Waals surface area contributed by atoms with Crippen LogP contribution in [0.1, 0.15) is 11.6 Å². The van der Waals surface area contributed by atoms with Crippen LogP contribution in [-0.4, -0.2) is 16.6 Å². The molecule has 0 heterocycles. The summed E-state index contributed by atoms with van der Waals surface area (Å²) < 4.78 is 0.535. The van der Waals surface area contributed by atoms with Crippen LogP contribution in [0, 0.1) is 10.1 Å². The molecular weight excluding hydrogens is 252 g/mol. The van der Waals surface area contributed by atoms with Crippen LogP contribution in [0.2, 0.25) is 0 Å². The lowest BCUT2D eigenvalue weighted by atomic mass is 10.1.